The molecule has 0 unspecified atom stereocenters. The van der Waals surface area contributed by atoms with Gasteiger partial charge in [0, 0.05) is 5.69 Å². The minimum absolute atomic E-state index is 0.0902. The number of halogens is 1. The van der Waals surface area contributed by atoms with Crippen molar-refractivity contribution in [2.75, 3.05) is 23.8 Å². The molecule has 0 heterocycles. The summed E-state index contributed by atoms with van der Waals surface area (Å²) in [5.41, 5.74) is 2.11. The Morgan fingerprint density at radius 1 is 1.18 bits per heavy atom. The lowest BCUT2D eigenvalue weighted by atomic mass is 10.2. The van der Waals surface area contributed by atoms with E-state index < -0.39 is 0 Å². The highest BCUT2D eigenvalue weighted by atomic mass is 19.1. The quantitative estimate of drug-likeness (QED) is 0.857. The van der Waals surface area contributed by atoms with Crippen LogP contribution in [0, 0.1) is 12.7 Å². The Morgan fingerprint density at radius 2 is 1.95 bits per heavy atom. The number of carbonyl (C=O) groups is 1. The fraction of sp³-hybridized carbons (Fsp3) is 0.235. The average Bonchev–Trinajstić information content (AvgIpc) is 2.48. The van der Waals surface area contributed by atoms with Crippen molar-refractivity contribution in [3.05, 3.63) is 53.8 Å². The number of hydrogen-bond acceptors (Lipinski definition) is 3. The molecule has 1 amide bonds. The fourth-order valence-corrected chi connectivity index (χ4v) is 2.05. The van der Waals surface area contributed by atoms with Crippen molar-refractivity contribution in [2.24, 2.45) is 0 Å². The molecule has 4 nitrogen and oxygen atoms in total. The minimum Gasteiger partial charge on any atom is -0.492 e. The van der Waals surface area contributed by atoms with Crippen LogP contribution < -0.4 is 15.4 Å². The number of hydrogen-bond donors (Lipinski definition) is 2. The largest absolute Gasteiger partial charge is 0.492 e. The van der Waals surface area contributed by atoms with Gasteiger partial charge in [-0.15, -0.1) is 0 Å². The normalized spacial score (nSPS) is 10.1. The third kappa shape index (κ3) is 4.22. The first-order valence-electron chi connectivity index (χ1n) is 7.12. The van der Waals surface area contributed by atoms with Gasteiger partial charge in [0.2, 0.25) is 5.91 Å². The number of nitrogens with one attached hydrogen (secondary N) is 2. The lowest BCUT2D eigenvalue weighted by molar-refractivity contribution is -0.114. The molecule has 2 rings (SSSR count). The van der Waals surface area contributed by atoms with Gasteiger partial charge in [0.25, 0.3) is 0 Å². The predicted octanol–water partition coefficient (Wildman–Crippen LogP) is 3.58. The van der Waals surface area contributed by atoms with Crippen LogP contribution in [0.25, 0.3) is 0 Å². The average molecular weight is 302 g/mol. The van der Waals surface area contributed by atoms with Crippen molar-refractivity contribution in [1.29, 1.82) is 0 Å². The van der Waals surface area contributed by atoms with Gasteiger partial charge in [-0.3, -0.25) is 4.79 Å². The second-order valence-electron chi connectivity index (χ2n) is 4.79. The molecule has 0 saturated carbocycles. The van der Waals surface area contributed by atoms with E-state index in [2.05, 4.69) is 10.6 Å². The van der Waals surface area contributed by atoms with Gasteiger partial charge in [-0.05, 0) is 49.7 Å². The van der Waals surface area contributed by atoms with Gasteiger partial charge in [0.15, 0.2) is 0 Å². The third-order valence-corrected chi connectivity index (χ3v) is 3.09. The molecule has 0 spiro atoms. The van der Waals surface area contributed by atoms with Crippen LogP contribution >= 0.6 is 0 Å². The molecule has 0 fully saturated rings. The van der Waals surface area contributed by atoms with Crippen LogP contribution in [0.1, 0.15) is 12.5 Å². The van der Waals surface area contributed by atoms with Crippen molar-refractivity contribution in [1.82, 2.24) is 0 Å². The minimum atomic E-state index is -0.293. The Morgan fingerprint density at radius 3 is 2.68 bits per heavy atom. The summed E-state index contributed by atoms with van der Waals surface area (Å²) in [6, 6.07) is 11.7. The first kappa shape index (κ1) is 15.8. The second kappa shape index (κ2) is 7.45. The Labute approximate surface area is 129 Å². The first-order valence-corrected chi connectivity index (χ1v) is 7.12. The molecule has 2 N–H and O–H groups in total. The van der Waals surface area contributed by atoms with Gasteiger partial charge in [-0.25, -0.2) is 4.39 Å². The maximum Gasteiger partial charge on any atom is 0.243 e. The lowest BCUT2D eigenvalue weighted by Crippen LogP contribution is -2.22. The number of amides is 1. The molecular weight excluding hydrogens is 283 g/mol. The van der Waals surface area contributed by atoms with Gasteiger partial charge in [-0.2, -0.15) is 0 Å². The van der Waals surface area contributed by atoms with E-state index in [4.69, 9.17) is 4.74 Å². The molecule has 0 aliphatic carbocycles. The summed E-state index contributed by atoms with van der Waals surface area (Å²) in [6.45, 7) is 4.29. The highest BCUT2D eigenvalue weighted by molar-refractivity contribution is 5.95. The van der Waals surface area contributed by atoms with Crippen LogP contribution in [-0.4, -0.2) is 19.1 Å². The van der Waals surface area contributed by atoms with Crippen molar-refractivity contribution in [2.45, 2.75) is 13.8 Å². The number of benzene rings is 2. The SMILES string of the molecule is CCOc1ccccc1NC(=O)CNc1ccc(F)cc1C. The molecular formula is C17H19FN2O2. The number of anilines is 2. The van der Waals surface area contributed by atoms with E-state index in [1.54, 1.807) is 25.1 Å². The molecule has 22 heavy (non-hydrogen) atoms. The monoisotopic (exact) mass is 302 g/mol. The van der Waals surface area contributed by atoms with Crippen LogP contribution in [0.4, 0.5) is 15.8 Å². The van der Waals surface area contributed by atoms with Crippen molar-refractivity contribution in [3.63, 3.8) is 0 Å². The molecule has 5 heteroatoms. The Balaban J connectivity index is 1.96. The summed E-state index contributed by atoms with van der Waals surface area (Å²) in [5.74, 6) is 0.144. The van der Waals surface area contributed by atoms with Gasteiger partial charge in [0.1, 0.15) is 11.6 Å². The molecule has 0 aliphatic rings. The van der Waals surface area contributed by atoms with Gasteiger partial charge >= 0.3 is 0 Å². The van der Waals surface area contributed by atoms with E-state index in [-0.39, 0.29) is 18.3 Å². The van der Waals surface area contributed by atoms with Crippen molar-refractivity contribution >= 4 is 17.3 Å². The molecule has 116 valence electrons. The zero-order valence-corrected chi connectivity index (χ0v) is 12.7. The standard InChI is InChI=1S/C17H19FN2O2/c1-3-22-16-7-5-4-6-15(16)20-17(21)11-19-14-9-8-13(18)10-12(14)2/h4-10,19H,3,11H2,1-2H3,(H,20,21). The van der Waals surface area contributed by atoms with E-state index in [1.165, 1.54) is 12.1 Å². The summed E-state index contributed by atoms with van der Waals surface area (Å²) in [4.78, 5) is 12.0. The van der Waals surface area contributed by atoms with E-state index in [0.717, 1.165) is 11.3 Å². The van der Waals surface area contributed by atoms with Crippen LogP contribution in [-0.2, 0) is 4.79 Å². The van der Waals surface area contributed by atoms with Gasteiger partial charge in [-0.1, -0.05) is 12.1 Å². The molecule has 2 aromatic rings. The van der Waals surface area contributed by atoms with E-state index >= 15 is 0 Å². The number of aryl methyl sites for hydroxylation is 1. The summed E-state index contributed by atoms with van der Waals surface area (Å²) < 4.78 is 18.5. The van der Waals surface area contributed by atoms with Gasteiger partial charge < -0.3 is 15.4 Å². The zero-order chi connectivity index (χ0) is 15.9. The number of carbonyl (C=O) groups excluding carboxylic acids is 1. The van der Waals surface area contributed by atoms with Crippen molar-refractivity contribution in [3.8, 4) is 5.75 Å². The fourth-order valence-electron chi connectivity index (χ4n) is 2.05. The van der Waals surface area contributed by atoms with Crippen LogP contribution in [0.15, 0.2) is 42.5 Å². The van der Waals surface area contributed by atoms with E-state index in [1.807, 2.05) is 19.1 Å². The maximum atomic E-state index is 13.0. The summed E-state index contributed by atoms with van der Waals surface area (Å²) >= 11 is 0. The third-order valence-electron chi connectivity index (χ3n) is 3.09. The predicted molar refractivity (Wildman–Crippen MR) is 85.9 cm³/mol. The van der Waals surface area contributed by atoms with Crippen LogP contribution in [0.3, 0.4) is 0 Å². The summed E-state index contributed by atoms with van der Waals surface area (Å²) in [5, 5.41) is 5.79. The molecule has 2 aromatic carbocycles. The first-order chi connectivity index (χ1) is 10.6. The molecule has 0 radical (unpaired) electrons. The smallest absolute Gasteiger partial charge is 0.243 e. The zero-order valence-electron chi connectivity index (χ0n) is 12.7. The van der Waals surface area contributed by atoms with Crippen LogP contribution in [0.2, 0.25) is 0 Å². The van der Waals surface area contributed by atoms with Crippen LogP contribution in [0.5, 0.6) is 5.75 Å². The lowest BCUT2D eigenvalue weighted by Gasteiger charge is -2.13. The van der Waals surface area contributed by atoms with Crippen molar-refractivity contribution < 1.29 is 13.9 Å². The summed E-state index contributed by atoms with van der Waals surface area (Å²) in [6.07, 6.45) is 0. The molecule has 0 aliphatic heterocycles. The Kier molecular flexibility index (Phi) is 5.36. The van der Waals surface area contributed by atoms with E-state index in [0.29, 0.717) is 18.0 Å². The van der Waals surface area contributed by atoms with E-state index in [9.17, 15) is 9.18 Å². The number of ether oxygens (including phenoxy) is 1. The summed E-state index contributed by atoms with van der Waals surface area (Å²) in [7, 11) is 0. The maximum absolute atomic E-state index is 13.0. The Bertz CT molecular complexity index is 659. The molecule has 0 aromatic heterocycles. The topological polar surface area (TPSA) is 50.4 Å². The molecule has 0 saturated heterocycles. The number of rotatable bonds is 6. The second-order valence-corrected chi connectivity index (χ2v) is 4.79. The Hall–Kier alpha value is -2.56. The van der Waals surface area contributed by atoms with Gasteiger partial charge in [0.05, 0.1) is 18.8 Å². The highest BCUT2D eigenvalue weighted by Crippen LogP contribution is 2.23. The molecule has 0 atom stereocenters. The highest BCUT2D eigenvalue weighted by Gasteiger charge is 2.08. The number of para-hydroxylation sites is 2. The molecule has 0 bridgehead atoms.